The number of nitrogens with zero attached hydrogens (tertiary/aromatic N) is 1. The lowest BCUT2D eigenvalue weighted by atomic mass is 9.69. The number of rotatable bonds is 7. The zero-order valence-electron chi connectivity index (χ0n) is 16.1. The van der Waals surface area contributed by atoms with E-state index in [4.69, 9.17) is 0 Å². The van der Waals surface area contributed by atoms with Crippen LogP contribution in [0.2, 0.25) is 0 Å². The lowest BCUT2D eigenvalue weighted by Crippen LogP contribution is -2.37. The molecule has 0 aromatic heterocycles. The van der Waals surface area contributed by atoms with Crippen LogP contribution in [-0.4, -0.2) is 17.5 Å². The molecule has 1 nitrogen and oxygen atoms in total. The van der Waals surface area contributed by atoms with Gasteiger partial charge < -0.3 is 4.90 Å². The quantitative estimate of drug-likeness (QED) is 0.488. The molecule has 0 bridgehead atoms. The number of hydrogen-bond donors (Lipinski definition) is 0. The molecule has 2 aliphatic rings. The molecule has 132 valence electrons. The molecule has 2 saturated carbocycles. The standard InChI is InChI=1S/C23H35N/c1-16(2)23(8,21-10-9-18(5)14-21)11-12-24(17(3)4)22-15-19(6)13-20(22)7/h21-22H,1,3,5-7,9-15H2,2,4,8H3. The Morgan fingerprint density at radius 2 is 1.79 bits per heavy atom. The van der Waals surface area contributed by atoms with Crippen LogP contribution < -0.4 is 0 Å². The number of hydrogen-bond acceptors (Lipinski definition) is 1. The van der Waals surface area contributed by atoms with Gasteiger partial charge in [0.05, 0.1) is 6.04 Å². The highest BCUT2D eigenvalue weighted by molar-refractivity contribution is 5.27. The molecule has 0 radical (unpaired) electrons. The van der Waals surface area contributed by atoms with E-state index < -0.39 is 0 Å². The Bertz CT molecular complexity index is 579. The van der Waals surface area contributed by atoms with Gasteiger partial charge in [0.15, 0.2) is 0 Å². The monoisotopic (exact) mass is 325 g/mol. The second-order valence-electron chi connectivity index (χ2n) is 8.37. The second-order valence-corrected chi connectivity index (χ2v) is 8.37. The average Bonchev–Trinajstić information content (AvgIpc) is 3.04. The van der Waals surface area contributed by atoms with Crippen molar-refractivity contribution in [3.63, 3.8) is 0 Å². The van der Waals surface area contributed by atoms with E-state index in [1.807, 2.05) is 0 Å². The van der Waals surface area contributed by atoms with Gasteiger partial charge in [0.2, 0.25) is 0 Å². The summed E-state index contributed by atoms with van der Waals surface area (Å²) in [7, 11) is 0. The molecule has 0 heterocycles. The molecule has 3 unspecified atom stereocenters. The van der Waals surface area contributed by atoms with Crippen molar-refractivity contribution in [1.82, 2.24) is 4.90 Å². The Morgan fingerprint density at radius 3 is 2.21 bits per heavy atom. The van der Waals surface area contributed by atoms with Crippen LogP contribution in [0.5, 0.6) is 0 Å². The Labute approximate surface area is 149 Å². The summed E-state index contributed by atoms with van der Waals surface area (Å²) in [6.45, 7) is 29.0. The average molecular weight is 326 g/mol. The van der Waals surface area contributed by atoms with Crippen molar-refractivity contribution < 1.29 is 0 Å². The van der Waals surface area contributed by atoms with Crippen LogP contribution >= 0.6 is 0 Å². The molecule has 24 heavy (non-hydrogen) atoms. The largest absolute Gasteiger partial charge is 0.368 e. The minimum atomic E-state index is 0.171. The van der Waals surface area contributed by atoms with Crippen molar-refractivity contribution in [1.29, 1.82) is 0 Å². The normalized spacial score (nSPS) is 26.5. The van der Waals surface area contributed by atoms with Crippen LogP contribution in [0.4, 0.5) is 0 Å². The van der Waals surface area contributed by atoms with Gasteiger partial charge in [-0.2, -0.15) is 0 Å². The Kier molecular flexibility index (Phi) is 5.63. The van der Waals surface area contributed by atoms with Crippen LogP contribution in [0.25, 0.3) is 0 Å². The van der Waals surface area contributed by atoms with Crippen molar-refractivity contribution in [2.45, 2.75) is 65.3 Å². The molecule has 2 fully saturated rings. The predicted molar refractivity (Wildman–Crippen MR) is 107 cm³/mol. The van der Waals surface area contributed by atoms with Gasteiger partial charge in [0.25, 0.3) is 0 Å². The molecule has 1 heteroatoms. The SMILES string of the molecule is C=C1CC(=C)C(N(CCC(C)(C(=C)C)C2CCC(=C)C2)C(=C)C)C1. The van der Waals surface area contributed by atoms with Gasteiger partial charge in [0, 0.05) is 12.2 Å². The summed E-state index contributed by atoms with van der Waals surface area (Å²) in [6.07, 6.45) is 6.69. The van der Waals surface area contributed by atoms with Crippen LogP contribution in [0, 0.1) is 11.3 Å². The molecular weight excluding hydrogens is 290 g/mol. The summed E-state index contributed by atoms with van der Waals surface area (Å²) < 4.78 is 0. The first-order valence-electron chi connectivity index (χ1n) is 9.24. The van der Waals surface area contributed by atoms with Crippen molar-refractivity contribution in [2.24, 2.45) is 11.3 Å². The summed E-state index contributed by atoms with van der Waals surface area (Å²) in [5.41, 5.74) is 6.60. The highest BCUT2D eigenvalue weighted by Crippen LogP contribution is 2.48. The van der Waals surface area contributed by atoms with Gasteiger partial charge in [0.1, 0.15) is 0 Å². The Hall–Kier alpha value is -1.50. The molecule has 3 atom stereocenters. The minimum absolute atomic E-state index is 0.171. The van der Waals surface area contributed by atoms with E-state index in [0.29, 0.717) is 12.0 Å². The topological polar surface area (TPSA) is 3.24 Å². The summed E-state index contributed by atoms with van der Waals surface area (Å²) in [5, 5.41) is 0. The van der Waals surface area contributed by atoms with Gasteiger partial charge in [-0.05, 0) is 63.7 Å². The molecule has 0 spiro atoms. The van der Waals surface area contributed by atoms with Crippen LogP contribution in [0.15, 0.2) is 60.9 Å². The minimum Gasteiger partial charge on any atom is -0.368 e. The van der Waals surface area contributed by atoms with E-state index in [1.165, 1.54) is 35.1 Å². The van der Waals surface area contributed by atoms with E-state index in [-0.39, 0.29) is 5.41 Å². The molecule has 0 aliphatic heterocycles. The summed E-state index contributed by atoms with van der Waals surface area (Å²) in [6, 6.07) is 0.378. The van der Waals surface area contributed by atoms with Gasteiger partial charge in [-0.1, -0.05) is 62.1 Å². The van der Waals surface area contributed by atoms with E-state index in [2.05, 4.69) is 58.6 Å². The van der Waals surface area contributed by atoms with E-state index in [0.717, 1.165) is 37.9 Å². The lowest BCUT2D eigenvalue weighted by Gasteiger charge is -2.40. The zero-order valence-corrected chi connectivity index (χ0v) is 16.1. The summed E-state index contributed by atoms with van der Waals surface area (Å²) in [4.78, 5) is 2.45. The van der Waals surface area contributed by atoms with Crippen molar-refractivity contribution >= 4 is 0 Å². The third-order valence-electron chi connectivity index (χ3n) is 6.43. The van der Waals surface area contributed by atoms with Gasteiger partial charge >= 0.3 is 0 Å². The third-order valence-corrected chi connectivity index (χ3v) is 6.43. The van der Waals surface area contributed by atoms with Crippen LogP contribution in [-0.2, 0) is 0 Å². The fourth-order valence-electron chi connectivity index (χ4n) is 4.47. The Morgan fingerprint density at radius 1 is 1.12 bits per heavy atom. The second kappa shape index (κ2) is 7.17. The zero-order chi connectivity index (χ0) is 18.1. The molecule has 2 rings (SSSR count). The fraction of sp³-hybridized carbons (Fsp3) is 0.565. The summed E-state index contributed by atoms with van der Waals surface area (Å²) in [5.74, 6) is 0.677. The van der Waals surface area contributed by atoms with Crippen LogP contribution in [0.3, 0.4) is 0 Å². The third kappa shape index (κ3) is 3.77. The molecule has 0 amide bonds. The molecule has 0 N–H and O–H groups in total. The fourth-order valence-corrected chi connectivity index (χ4v) is 4.47. The van der Waals surface area contributed by atoms with Gasteiger partial charge in [-0.15, -0.1) is 0 Å². The molecule has 0 aromatic carbocycles. The van der Waals surface area contributed by atoms with Gasteiger partial charge in [-0.25, -0.2) is 0 Å². The van der Waals surface area contributed by atoms with E-state index in [9.17, 15) is 0 Å². The lowest BCUT2D eigenvalue weighted by molar-refractivity contribution is 0.180. The highest BCUT2D eigenvalue weighted by atomic mass is 15.2. The molecular formula is C23H35N. The first-order chi connectivity index (χ1) is 11.1. The van der Waals surface area contributed by atoms with Crippen molar-refractivity contribution in [3.05, 3.63) is 60.9 Å². The molecule has 0 aromatic rings. The maximum Gasteiger partial charge on any atom is 0.0536 e. The smallest absolute Gasteiger partial charge is 0.0536 e. The first-order valence-corrected chi connectivity index (χ1v) is 9.24. The predicted octanol–water partition coefficient (Wildman–Crippen LogP) is 6.43. The van der Waals surface area contributed by atoms with Crippen molar-refractivity contribution in [3.8, 4) is 0 Å². The molecule has 0 saturated heterocycles. The summed E-state index contributed by atoms with van der Waals surface area (Å²) >= 11 is 0. The maximum atomic E-state index is 4.34. The van der Waals surface area contributed by atoms with Gasteiger partial charge in [-0.3, -0.25) is 0 Å². The molecule has 2 aliphatic carbocycles. The highest BCUT2D eigenvalue weighted by Gasteiger charge is 2.38. The Balaban J connectivity index is 2.12. The van der Waals surface area contributed by atoms with Crippen molar-refractivity contribution in [2.75, 3.05) is 6.54 Å². The van der Waals surface area contributed by atoms with Crippen LogP contribution in [0.1, 0.15) is 59.3 Å². The number of allylic oxidation sites excluding steroid dienone is 3. The van der Waals surface area contributed by atoms with E-state index >= 15 is 0 Å². The first kappa shape index (κ1) is 18.8. The van der Waals surface area contributed by atoms with E-state index in [1.54, 1.807) is 0 Å². The maximum absolute atomic E-state index is 4.34.